The third-order valence-electron chi connectivity index (χ3n) is 7.69. The van der Waals surface area contributed by atoms with Gasteiger partial charge in [0.1, 0.15) is 0 Å². The summed E-state index contributed by atoms with van der Waals surface area (Å²) in [7, 11) is 0. The predicted octanol–water partition coefficient (Wildman–Crippen LogP) is 4.10. The normalized spacial score (nSPS) is 19.1. The fourth-order valence-electron chi connectivity index (χ4n) is 5.44. The van der Waals surface area contributed by atoms with E-state index in [0.29, 0.717) is 42.5 Å². The molecule has 0 radical (unpaired) electrons. The van der Waals surface area contributed by atoms with Gasteiger partial charge in [-0.05, 0) is 86.3 Å². The molecule has 0 aliphatic carbocycles. The monoisotopic (exact) mass is 545 g/mol. The number of piperidine rings is 2. The summed E-state index contributed by atoms with van der Waals surface area (Å²) in [5, 5.41) is 26.2. The smallest absolute Gasteiger partial charge is 0.251 e. The van der Waals surface area contributed by atoms with E-state index in [1.54, 1.807) is 4.52 Å². The van der Waals surface area contributed by atoms with Crippen LogP contribution in [-0.4, -0.2) is 57.8 Å². The molecular weight excluding hydrogens is 514 g/mol. The zero-order valence-corrected chi connectivity index (χ0v) is 22.4. The van der Waals surface area contributed by atoms with Gasteiger partial charge >= 0.3 is 0 Å². The Morgan fingerprint density at radius 1 is 1.08 bits per heavy atom. The van der Waals surface area contributed by atoms with E-state index in [4.69, 9.17) is 16.6 Å². The number of rotatable bonds is 6. The molecule has 0 unspecified atom stereocenters. The van der Waals surface area contributed by atoms with Crippen LogP contribution < -0.4 is 20.9 Å². The lowest BCUT2D eigenvalue weighted by Gasteiger charge is -2.39. The van der Waals surface area contributed by atoms with Crippen LogP contribution in [0.4, 0.5) is 17.3 Å². The first-order valence-corrected chi connectivity index (χ1v) is 13.8. The van der Waals surface area contributed by atoms with Crippen LogP contribution in [0.25, 0.3) is 5.65 Å². The lowest BCUT2D eigenvalue weighted by atomic mass is 9.84. The molecule has 4 aromatic rings. The van der Waals surface area contributed by atoms with E-state index in [1.165, 1.54) is 0 Å². The third kappa shape index (κ3) is 5.56. The van der Waals surface area contributed by atoms with Crippen molar-refractivity contribution in [2.24, 2.45) is 0 Å². The number of carbonyl (C=O) groups excluding carboxylic acids is 1. The highest BCUT2D eigenvalue weighted by Gasteiger charge is 2.34. The van der Waals surface area contributed by atoms with Crippen molar-refractivity contribution in [2.75, 3.05) is 36.4 Å². The summed E-state index contributed by atoms with van der Waals surface area (Å²) in [6, 6.07) is 19.0. The number of benzene rings is 2. The molecule has 1 amide bonds. The van der Waals surface area contributed by atoms with E-state index >= 15 is 0 Å². The highest BCUT2D eigenvalue weighted by Crippen LogP contribution is 2.36. The fourth-order valence-corrected chi connectivity index (χ4v) is 5.56. The Morgan fingerprint density at radius 2 is 1.85 bits per heavy atom. The van der Waals surface area contributed by atoms with E-state index < -0.39 is 5.60 Å². The van der Waals surface area contributed by atoms with Crippen molar-refractivity contribution < 1.29 is 9.90 Å². The predicted molar refractivity (Wildman–Crippen MR) is 153 cm³/mol. The van der Waals surface area contributed by atoms with E-state index in [0.717, 1.165) is 48.5 Å². The van der Waals surface area contributed by atoms with Gasteiger partial charge in [-0.3, -0.25) is 4.79 Å². The quantitative estimate of drug-likeness (QED) is 0.289. The number of halogens is 1. The highest BCUT2D eigenvalue weighted by molar-refractivity contribution is 6.30. The Morgan fingerprint density at radius 3 is 2.56 bits per heavy atom. The number of aliphatic hydroxyl groups is 1. The van der Waals surface area contributed by atoms with Crippen LogP contribution >= 0.6 is 11.6 Å². The molecule has 0 saturated carbocycles. The molecule has 2 aliphatic rings. The van der Waals surface area contributed by atoms with E-state index in [1.807, 2.05) is 66.9 Å². The lowest BCUT2D eigenvalue weighted by molar-refractivity contribution is 0.0118. The molecule has 2 aromatic heterocycles. The second-order valence-electron chi connectivity index (χ2n) is 10.3. The van der Waals surface area contributed by atoms with E-state index in [-0.39, 0.29) is 11.9 Å². The van der Waals surface area contributed by atoms with Crippen molar-refractivity contribution in [3.8, 4) is 0 Å². The average Bonchev–Trinajstić information content (AvgIpc) is 3.37. The van der Waals surface area contributed by atoms with Gasteiger partial charge in [0, 0.05) is 48.1 Å². The minimum Gasteiger partial charge on any atom is -0.385 e. The van der Waals surface area contributed by atoms with Gasteiger partial charge < -0.3 is 26.0 Å². The number of anilines is 3. The molecular formula is C29H32ClN7O2. The molecule has 1 atom stereocenters. The summed E-state index contributed by atoms with van der Waals surface area (Å²) in [6.45, 7) is 3.20. The molecule has 202 valence electrons. The van der Waals surface area contributed by atoms with Crippen LogP contribution in [0.2, 0.25) is 5.02 Å². The summed E-state index contributed by atoms with van der Waals surface area (Å²) >= 11 is 6.03. The van der Waals surface area contributed by atoms with Crippen molar-refractivity contribution in [3.63, 3.8) is 0 Å². The summed E-state index contributed by atoms with van der Waals surface area (Å²) in [4.78, 5) is 19.6. The number of fused-ring (bicyclic) bond motifs is 1. The lowest BCUT2D eigenvalue weighted by Crippen LogP contribution is -2.45. The molecule has 2 aromatic carbocycles. The third-order valence-corrected chi connectivity index (χ3v) is 7.94. The van der Waals surface area contributed by atoms with Crippen molar-refractivity contribution >= 4 is 40.5 Å². The SMILES string of the molecule is O=C(N[C@H]1CCCNC1)c1ccc(Nc2nc3c(N4CCC(O)(c5ccc(Cl)cc5)CC4)cccn3n2)cc1. The largest absolute Gasteiger partial charge is 0.385 e. The van der Waals surface area contributed by atoms with Gasteiger partial charge in [0.2, 0.25) is 5.95 Å². The fraction of sp³-hybridized carbons (Fsp3) is 0.345. The van der Waals surface area contributed by atoms with E-state index in [9.17, 15) is 9.90 Å². The van der Waals surface area contributed by atoms with Crippen LogP contribution in [0.1, 0.15) is 41.6 Å². The summed E-state index contributed by atoms with van der Waals surface area (Å²) in [5.74, 6) is 0.415. The molecule has 2 fully saturated rings. The zero-order chi connectivity index (χ0) is 26.8. The van der Waals surface area contributed by atoms with Crippen LogP contribution in [0.15, 0.2) is 66.9 Å². The first kappa shape index (κ1) is 25.6. The number of hydrogen-bond donors (Lipinski definition) is 4. The summed E-state index contributed by atoms with van der Waals surface area (Å²) < 4.78 is 1.76. The number of amides is 1. The standard InChI is InChI=1S/C29H32ClN7O2/c30-22-9-7-21(8-10-22)29(39)13-17-36(18-14-29)25-4-2-16-37-26(25)34-28(35-37)33-23-11-5-20(6-12-23)27(38)32-24-3-1-15-31-19-24/h2,4-12,16,24,31,39H,1,3,13-15,17-19H2,(H,32,38)(H,33,35)/t24-/m0/s1. The number of nitrogens with zero attached hydrogens (tertiary/aromatic N) is 4. The first-order valence-electron chi connectivity index (χ1n) is 13.4. The van der Waals surface area contributed by atoms with Gasteiger partial charge in [0.25, 0.3) is 5.91 Å². The zero-order valence-electron chi connectivity index (χ0n) is 21.6. The molecule has 10 heteroatoms. The van der Waals surface area contributed by atoms with Crippen molar-refractivity contribution in [3.05, 3.63) is 83.0 Å². The number of aromatic nitrogens is 3. The topological polar surface area (TPSA) is 107 Å². The Bertz CT molecular complexity index is 1440. The average molecular weight is 546 g/mol. The number of carbonyl (C=O) groups is 1. The maximum absolute atomic E-state index is 12.6. The van der Waals surface area contributed by atoms with Gasteiger partial charge in [0.05, 0.1) is 11.3 Å². The van der Waals surface area contributed by atoms with Gasteiger partial charge in [0.15, 0.2) is 5.65 Å². The van der Waals surface area contributed by atoms with Crippen LogP contribution in [0, 0.1) is 0 Å². The molecule has 2 saturated heterocycles. The van der Waals surface area contributed by atoms with Crippen LogP contribution in [-0.2, 0) is 5.60 Å². The molecule has 9 nitrogen and oxygen atoms in total. The van der Waals surface area contributed by atoms with Crippen LogP contribution in [0.5, 0.6) is 0 Å². The maximum Gasteiger partial charge on any atom is 0.251 e. The number of hydrogen-bond acceptors (Lipinski definition) is 7. The van der Waals surface area contributed by atoms with Gasteiger partial charge in [-0.15, -0.1) is 5.10 Å². The van der Waals surface area contributed by atoms with Gasteiger partial charge in [-0.2, -0.15) is 4.98 Å². The molecule has 0 spiro atoms. The first-order chi connectivity index (χ1) is 19.0. The van der Waals surface area contributed by atoms with Crippen LogP contribution in [0.3, 0.4) is 0 Å². The summed E-state index contributed by atoms with van der Waals surface area (Å²) in [5.41, 5.74) is 3.17. The molecule has 6 rings (SSSR count). The minimum absolute atomic E-state index is 0.0600. The molecule has 0 bridgehead atoms. The Kier molecular flexibility index (Phi) is 7.12. The Hall–Kier alpha value is -3.66. The van der Waals surface area contributed by atoms with E-state index in [2.05, 4.69) is 25.9 Å². The number of nitrogens with one attached hydrogen (secondary N) is 3. The molecule has 4 N–H and O–H groups in total. The van der Waals surface area contributed by atoms with Crippen molar-refractivity contribution in [1.82, 2.24) is 25.2 Å². The van der Waals surface area contributed by atoms with Gasteiger partial charge in [-0.1, -0.05) is 23.7 Å². The highest BCUT2D eigenvalue weighted by atomic mass is 35.5. The second-order valence-corrected chi connectivity index (χ2v) is 10.8. The Labute approximate surface area is 232 Å². The molecule has 39 heavy (non-hydrogen) atoms. The number of pyridine rings is 1. The molecule has 2 aliphatic heterocycles. The maximum atomic E-state index is 12.6. The molecule has 4 heterocycles. The Balaban J connectivity index is 1.12. The summed E-state index contributed by atoms with van der Waals surface area (Å²) in [6.07, 6.45) is 5.16. The van der Waals surface area contributed by atoms with Crippen molar-refractivity contribution in [2.45, 2.75) is 37.3 Å². The van der Waals surface area contributed by atoms with Gasteiger partial charge in [-0.25, -0.2) is 4.52 Å². The second kappa shape index (κ2) is 10.8. The van der Waals surface area contributed by atoms with Crippen molar-refractivity contribution in [1.29, 1.82) is 0 Å². The minimum atomic E-state index is -0.872.